The lowest BCUT2D eigenvalue weighted by Gasteiger charge is -2.37. The van der Waals surface area contributed by atoms with Crippen molar-refractivity contribution < 1.29 is 14.6 Å². The number of hydrogen-bond donors (Lipinski definition) is 2. The molecule has 1 fully saturated rings. The van der Waals surface area contributed by atoms with Crippen molar-refractivity contribution in [1.29, 1.82) is 0 Å². The SMILES string of the molecule is C[C@@H]1CN[C@@H](CO)CN1C(=O)OCc1ccccc1. The van der Waals surface area contributed by atoms with E-state index in [1.165, 1.54) is 0 Å². The molecule has 0 radical (unpaired) electrons. The molecule has 1 aliphatic heterocycles. The second-order valence-electron chi connectivity index (χ2n) is 4.83. The highest BCUT2D eigenvalue weighted by Crippen LogP contribution is 2.10. The van der Waals surface area contributed by atoms with Crippen LogP contribution in [0.5, 0.6) is 0 Å². The standard InChI is InChI=1S/C14H20N2O3/c1-11-7-15-13(9-17)8-16(11)14(18)19-10-12-5-3-2-4-6-12/h2-6,11,13,15,17H,7-10H2,1H3/t11-,13-/m1/s1. The van der Waals surface area contributed by atoms with Gasteiger partial charge in [-0.05, 0) is 12.5 Å². The first kappa shape index (κ1) is 13.8. The van der Waals surface area contributed by atoms with Crippen molar-refractivity contribution >= 4 is 6.09 Å². The van der Waals surface area contributed by atoms with Crippen LogP contribution >= 0.6 is 0 Å². The molecule has 1 aromatic rings. The van der Waals surface area contributed by atoms with Gasteiger partial charge in [0.25, 0.3) is 0 Å². The highest BCUT2D eigenvalue weighted by molar-refractivity contribution is 5.68. The third-order valence-corrected chi connectivity index (χ3v) is 3.31. The smallest absolute Gasteiger partial charge is 0.410 e. The van der Waals surface area contributed by atoms with Crippen molar-refractivity contribution in [2.24, 2.45) is 0 Å². The molecule has 0 aromatic heterocycles. The average molecular weight is 264 g/mol. The van der Waals surface area contributed by atoms with Crippen molar-refractivity contribution in [2.45, 2.75) is 25.6 Å². The zero-order valence-corrected chi connectivity index (χ0v) is 11.1. The number of hydrogen-bond acceptors (Lipinski definition) is 4. The van der Waals surface area contributed by atoms with Gasteiger partial charge in [0.05, 0.1) is 6.61 Å². The molecule has 0 saturated carbocycles. The number of nitrogens with one attached hydrogen (secondary N) is 1. The Morgan fingerprint density at radius 1 is 1.47 bits per heavy atom. The molecule has 1 heterocycles. The monoisotopic (exact) mass is 264 g/mol. The molecular formula is C14H20N2O3. The molecule has 1 saturated heterocycles. The van der Waals surface area contributed by atoms with Gasteiger partial charge in [0.1, 0.15) is 6.61 Å². The van der Waals surface area contributed by atoms with Gasteiger partial charge in [0.2, 0.25) is 0 Å². The lowest BCUT2D eigenvalue weighted by Crippen LogP contribution is -2.58. The number of piperazine rings is 1. The van der Waals surface area contributed by atoms with Crippen LogP contribution < -0.4 is 5.32 Å². The van der Waals surface area contributed by atoms with Crippen molar-refractivity contribution in [3.05, 3.63) is 35.9 Å². The third-order valence-electron chi connectivity index (χ3n) is 3.31. The summed E-state index contributed by atoms with van der Waals surface area (Å²) in [7, 11) is 0. The van der Waals surface area contributed by atoms with Crippen LogP contribution in [0.2, 0.25) is 0 Å². The van der Waals surface area contributed by atoms with Crippen molar-refractivity contribution in [1.82, 2.24) is 10.2 Å². The molecule has 0 spiro atoms. The van der Waals surface area contributed by atoms with E-state index in [-0.39, 0.29) is 31.4 Å². The van der Waals surface area contributed by atoms with E-state index in [1.54, 1.807) is 4.90 Å². The van der Waals surface area contributed by atoms with Gasteiger partial charge in [-0.25, -0.2) is 4.79 Å². The largest absolute Gasteiger partial charge is 0.445 e. The van der Waals surface area contributed by atoms with Crippen molar-refractivity contribution in [2.75, 3.05) is 19.7 Å². The van der Waals surface area contributed by atoms with Crippen LogP contribution in [0.4, 0.5) is 4.79 Å². The minimum atomic E-state index is -0.323. The lowest BCUT2D eigenvalue weighted by atomic mass is 10.1. The Balaban J connectivity index is 1.88. The summed E-state index contributed by atoms with van der Waals surface area (Å²) in [5, 5.41) is 12.3. The number of ether oxygens (including phenoxy) is 1. The van der Waals surface area contributed by atoms with Gasteiger partial charge < -0.3 is 20.1 Å². The predicted molar refractivity (Wildman–Crippen MR) is 71.7 cm³/mol. The average Bonchev–Trinajstić information content (AvgIpc) is 2.46. The molecule has 1 amide bonds. The molecule has 0 bridgehead atoms. The van der Waals surface area contributed by atoms with Crippen LogP contribution in [0.25, 0.3) is 0 Å². The minimum absolute atomic E-state index is 0.0230. The summed E-state index contributed by atoms with van der Waals surface area (Å²) in [6, 6.07) is 9.61. The number of benzene rings is 1. The fraction of sp³-hybridized carbons (Fsp3) is 0.500. The minimum Gasteiger partial charge on any atom is -0.445 e. The summed E-state index contributed by atoms with van der Waals surface area (Å²) in [4.78, 5) is 13.7. The fourth-order valence-electron chi connectivity index (χ4n) is 2.11. The Bertz CT molecular complexity index is 410. The maximum atomic E-state index is 12.0. The fourth-order valence-corrected chi connectivity index (χ4v) is 2.11. The lowest BCUT2D eigenvalue weighted by molar-refractivity contribution is 0.0593. The molecule has 5 nitrogen and oxygen atoms in total. The molecule has 2 rings (SSSR count). The highest BCUT2D eigenvalue weighted by atomic mass is 16.6. The summed E-state index contributed by atoms with van der Waals surface area (Å²) in [5.74, 6) is 0. The number of aliphatic hydroxyl groups is 1. The Morgan fingerprint density at radius 3 is 2.89 bits per heavy atom. The van der Waals surface area contributed by atoms with Gasteiger partial charge in [0.15, 0.2) is 0 Å². The normalized spacial score (nSPS) is 23.2. The van der Waals surface area contributed by atoms with Crippen molar-refractivity contribution in [3.63, 3.8) is 0 Å². The van der Waals surface area contributed by atoms with Gasteiger partial charge in [-0.2, -0.15) is 0 Å². The van der Waals surface area contributed by atoms with Crippen molar-refractivity contribution in [3.8, 4) is 0 Å². The topological polar surface area (TPSA) is 61.8 Å². The Kier molecular flexibility index (Phi) is 4.76. The predicted octanol–water partition coefficient (Wildman–Crippen LogP) is 0.978. The molecule has 19 heavy (non-hydrogen) atoms. The number of rotatable bonds is 3. The van der Waals surface area contributed by atoms with Gasteiger partial charge in [-0.1, -0.05) is 30.3 Å². The van der Waals surface area contributed by atoms with Gasteiger partial charge >= 0.3 is 6.09 Å². The maximum absolute atomic E-state index is 12.0. The van der Waals surface area contributed by atoms with Crippen LogP contribution in [-0.2, 0) is 11.3 Å². The number of carbonyl (C=O) groups is 1. The van der Waals surface area contributed by atoms with Crippen LogP contribution in [-0.4, -0.2) is 47.9 Å². The first-order chi connectivity index (χ1) is 9.20. The number of nitrogens with zero attached hydrogens (tertiary/aromatic N) is 1. The molecule has 104 valence electrons. The number of carbonyl (C=O) groups excluding carboxylic acids is 1. The first-order valence-corrected chi connectivity index (χ1v) is 6.52. The first-order valence-electron chi connectivity index (χ1n) is 6.52. The second kappa shape index (κ2) is 6.54. The van der Waals surface area contributed by atoms with E-state index in [9.17, 15) is 4.79 Å². The van der Waals surface area contributed by atoms with Gasteiger partial charge in [0, 0.05) is 25.2 Å². The summed E-state index contributed by atoms with van der Waals surface area (Å²) in [6.07, 6.45) is -0.323. The molecule has 0 aliphatic carbocycles. The van der Waals surface area contributed by atoms with E-state index in [2.05, 4.69) is 5.32 Å². The van der Waals surface area contributed by atoms with Crippen LogP contribution in [0.15, 0.2) is 30.3 Å². The quantitative estimate of drug-likeness (QED) is 0.854. The van der Waals surface area contributed by atoms with E-state index in [0.717, 1.165) is 5.56 Å². The Hall–Kier alpha value is -1.59. The summed E-state index contributed by atoms with van der Waals surface area (Å²) in [5.41, 5.74) is 0.970. The molecule has 2 N–H and O–H groups in total. The zero-order valence-electron chi connectivity index (χ0n) is 11.1. The maximum Gasteiger partial charge on any atom is 0.410 e. The van der Waals surface area contributed by atoms with Gasteiger partial charge in [-0.15, -0.1) is 0 Å². The number of aliphatic hydroxyl groups excluding tert-OH is 1. The molecule has 5 heteroatoms. The third kappa shape index (κ3) is 3.68. The summed E-state index contributed by atoms with van der Waals surface area (Å²) >= 11 is 0. The van der Waals surface area contributed by atoms with E-state index in [1.807, 2.05) is 37.3 Å². The van der Waals surface area contributed by atoms with Gasteiger partial charge in [-0.3, -0.25) is 0 Å². The van der Waals surface area contributed by atoms with E-state index in [4.69, 9.17) is 9.84 Å². The van der Waals surface area contributed by atoms with Crippen LogP contribution in [0.3, 0.4) is 0 Å². The number of amides is 1. The Labute approximate surface area is 113 Å². The molecule has 1 aliphatic rings. The Morgan fingerprint density at radius 2 is 2.21 bits per heavy atom. The van der Waals surface area contributed by atoms with E-state index < -0.39 is 0 Å². The second-order valence-corrected chi connectivity index (χ2v) is 4.83. The molecule has 2 atom stereocenters. The molecular weight excluding hydrogens is 244 g/mol. The summed E-state index contributed by atoms with van der Waals surface area (Å²) < 4.78 is 5.31. The van der Waals surface area contributed by atoms with E-state index in [0.29, 0.717) is 13.1 Å². The summed E-state index contributed by atoms with van der Waals surface area (Å²) in [6.45, 7) is 3.41. The van der Waals surface area contributed by atoms with E-state index >= 15 is 0 Å². The molecule has 1 aromatic carbocycles. The highest BCUT2D eigenvalue weighted by Gasteiger charge is 2.29. The zero-order chi connectivity index (χ0) is 13.7. The van der Waals surface area contributed by atoms with Crippen LogP contribution in [0.1, 0.15) is 12.5 Å². The van der Waals surface area contributed by atoms with Crippen LogP contribution in [0, 0.1) is 0 Å². The molecule has 0 unspecified atom stereocenters.